The summed E-state index contributed by atoms with van der Waals surface area (Å²) in [4.78, 5) is 24.9. The lowest BCUT2D eigenvalue weighted by Gasteiger charge is -2.16. The van der Waals surface area contributed by atoms with Crippen LogP contribution >= 0.6 is 0 Å². The van der Waals surface area contributed by atoms with Crippen LogP contribution in [0.5, 0.6) is 0 Å². The van der Waals surface area contributed by atoms with Gasteiger partial charge < -0.3 is 15.3 Å². The molecule has 2 N–H and O–H groups in total. The quantitative estimate of drug-likeness (QED) is 0.830. The van der Waals surface area contributed by atoms with Gasteiger partial charge in [0.15, 0.2) is 0 Å². The van der Waals surface area contributed by atoms with Gasteiger partial charge in [0.25, 0.3) is 0 Å². The lowest BCUT2D eigenvalue weighted by Crippen LogP contribution is -2.36. The number of carbonyl (C=O) groups is 2. The third-order valence-electron chi connectivity index (χ3n) is 3.55. The number of amides is 1. The van der Waals surface area contributed by atoms with Crippen molar-refractivity contribution < 1.29 is 14.7 Å². The van der Waals surface area contributed by atoms with Crippen molar-refractivity contribution in [1.29, 1.82) is 0 Å². The second-order valence-corrected chi connectivity index (χ2v) is 4.79. The van der Waals surface area contributed by atoms with Gasteiger partial charge in [-0.15, -0.1) is 0 Å². The fourth-order valence-electron chi connectivity index (χ4n) is 2.56. The predicted molar refractivity (Wildman–Crippen MR) is 70.8 cm³/mol. The Balaban J connectivity index is 2.18. The molecule has 0 saturated carbocycles. The maximum absolute atomic E-state index is 11.9. The van der Waals surface area contributed by atoms with Crippen molar-refractivity contribution in [2.24, 2.45) is 5.92 Å². The minimum absolute atomic E-state index is 0.0489. The summed E-state index contributed by atoms with van der Waals surface area (Å²) in [5.74, 6) is -1.54. The van der Waals surface area contributed by atoms with E-state index in [1.807, 2.05) is 30.3 Å². The number of carboxylic acid groups (broad SMARTS) is 1. The van der Waals surface area contributed by atoms with Gasteiger partial charge in [0, 0.05) is 19.0 Å². The molecule has 0 radical (unpaired) electrons. The number of nitrogens with zero attached hydrogens (tertiary/aromatic N) is 1. The lowest BCUT2D eigenvalue weighted by molar-refractivity contribution is -0.141. The Labute approximate surface area is 112 Å². The van der Waals surface area contributed by atoms with Crippen LogP contribution in [0.15, 0.2) is 30.3 Å². The SMILES string of the molecule is CNCC(=O)N1C[C@H](C(=O)O)[C@@H](c2ccccc2)C1. The molecule has 1 amide bonds. The molecule has 0 bridgehead atoms. The molecular formula is C14H18N2O3. The van der Waals surface area contributed by atoms with Gasteiger partial charge in [0.2, 0.25) is 5.91 Å². The Kier molecular flexibility index (Phi) is 4.16. The Morgan fingerprint density at radius 3 is 2.58 bits per heavy atom. The van der Waals surface area contributed by atoms with Gasteiger partial charge in [0.05, 0.1) is 12.5 Å². The summed E-state index contributed by atoms with van der Waals surface area (Å²) in [5.41, 5.74) is 0.981. The highest BCUT2D eigenvalue weighted by Crippen LogP contribution is 2.32. The van der Waals surface area contributed by atoms with Crippen molar-refractivity contribution in [1.82, 2.24) is 10.2 Å². The number of likely N-dealkylation sites (tertiary alicyclic amines) is 1. The van der Waals surface area contributed by atoms with E-state index in [9.17, 15) is 14.7 Å². The van der Waals surface area contributed by atoms with E-state index in [1.54, 1.807) is 11.9 Å². The maximum atomic E-state index is 11.9. The third-order valence-corrected chi connectivity index (χ3v) is 3.55. The molecule has 1 aromatic carbocycles. The number of hydrogen-bond donors (Lipinski definition) is 2. The van der Waals surface area contributed by atoms with Crippen LogP contribution in [-0.2, 0) is 9.59 Å². The number of rotatable bonds is 4. The number of nitrogens with one attached hydrogen (secondary N) is 1. The Morgan fingerprint density at radius 2 is 2.00 bits per heavy atom. The molecule has 2 atom stereocenters. The number of carbonyl (C=O) groups excluding carboxylic acids is 1. The standard InChI is InChI=1S/C14H18N2O3/c1-15-7-13(17)16-8-11(12(9-16)14(18)19)10-5-3-2-4-6-10/h2-6,11-12,15H,7-9H2,1H3,(H,18,19)/t11-,12+/m1/s1. The summed E-state index contributed by atoms with van der Waals surface area (Å²) in [6, 6.07) is 9.54. The number of likely N-dealkylation sites (N-methyl/N-ethyl adjacent to an activating group) is 1. The molecule has 0 spiro atoms. The fraction of sp³-hybridized carbons (Fsp3) is 0.429. The zero-order valence-electron chi connectivity index (χ0n) is 10.9. The van der Waals surface area contributed by atoms with Crippen molar-refractivity contribution in [2.45, 2.75) is 5.92 Å². The van der Waals surface area contributed by atoms with Gasteiger partial charge in [-0.25, -0.2) is 0 Å². The largest absolute Gasteiger partial charge is 0.481 e. The molecular weight excluding hydrogens is 244 g/mol. The third kappa shape index (κ3) is 2.93. The van der Waals surface area contributed by atoms with E-state index < -0.39 is 11.9 Å². The van der Waals surface area contributed by atoms with Crippen LogP contribution < -0.4 is 5.32 Å². The van der Waals surface area contributed by atoms with Gasteiger partial charge in [-0.3, -0.25) is 9.59 Å². The Morgan fingerprint density at radius 1 is 1.32 bits per heavy atom. The molecule has 102 valence electrons. The molecule has 0 aromatic heterocycles. The summed E-state index contributed by atoms with van der Waals surface area (Å²) in [5, 5.41) is 12.1. The second kappa shape index (κ2) is 5.84. The van der Waals surface area contributed by atoms with Gasteiger partial charge >= 0.3 is 5.97 Å². The van der Waals surface area contributed by atoms with E-state index in [-0.39, 0.29) is 24.9 Å². The second-order valence-electron chi connectivity index (χ2n) is 4.79. The van der Waals surface area contributed by atoms with Crippen LogP contribution in [0.4, 0.5) is 0 Å². The van der Waals surface area contributed by atoms with Crippen LogP contribution in [0.1, 0.15) is 11.5 Å². The highest BCUT2D eigenvalue weighted by molar-refractivity contribution is 5.81. The van der Waals surface area contributed by atoms with Crippen LogP contribution in [0.25, 0.3) is 0 Å². The van der Waals surface area contributed by atoms with Crippen molar-refractivity contribution >= 4 is 11.9 Å². The molecule has 2 rings (SSSR count). The van der Waals surface area contributed by atoms with Crippen LogP contribution in [0.3, 0.4) is 0 Å². The topological polar surface area (TPSA) is 69.6 Å². The zero-order valence-corrected chi connectivity index (χ0v) is 10.9. The number of carboxylic acids is 1. The van der Waals surface area contributed by atoms with Crippen LogP contribution in [-0.4, -0.2) is 48.6 Å². The Hall–Kier alpha value is -1.88. The summed E-state index contributed by atoms with van der Waals surface area (Å²) in [6.45, 7) is 1.00. The van der Waals surface area contributed by atoms with Crippen molar-refractivity contribution in [2.75, 3.05) is 26.7 Å². The summed E-state index contributed by atoms with van der Waals surface area (Å²) in [6.07, 6.45) is 0. The van der Waals surface area contributed by atoms with Crippen LogP contribution in [0.2, 0.25) is 0 Å². The Bertz CT molecular complexity index is 461. The number of hydrogen-bond acceptors (Lipinski definition) is 3. The highest BCUT2D eigenvalue weighted by atomic mass is 16.4. The molecule has 19 heavy (non-hydrogen) atoms. The molecule has 1 heterocycles. The first-order valence-corrected chi connectivity index (χ1v) is 6.33. The molecule has 1 saturated heterocycles. The summed E-state index contributed by atoms with van der Waals surface area (Å²) in [7, 11) is 1.71. The van der Waals surface area contributed by atoms with E-state index in [4.69, 9.17) is 0 Å². The summed E-state index contributed by atoms with van der Waals surface area (Å²) < 4.78 is 0. The van der Waals surface area contributed by atoms with Crippen molar-refractivity contribution in [3.8, 4) is 0 Å². The molecule has 1 aliphatic heterocycles. The van der Waals surface area contributed by atoms with Gasteiger partial charge in [-0.1, -0.05) is 30.3 Å². The molecule has 0 aliphatic carbocycles. The maximum Gasteiger partial charge on any atom is 0.308 e. The van der Waals surface area contributed by atoms with E-state index >= 15 is 0 Å². The fourth-order valence-corrected chi connectivity index (χ4v) is 2.56. The molecule has 5 nitrogen and oxygen atoms in total. The summed E-state index contributed by atoms with van der Waals surface area (Å²) >= 11 is 0. The molecule has 5 heteroatoms. The van der Waals surface area contributed by atoms with Crippen LogP contribution in [0, 0.1) is 5.92 Å². The molecule has 1 fully saturated rings. The average Bonchev–Trinajstić information content (AvgIpc) is 2.85. The van der Waals surface area contributed by atoms with Crippen molar-refractivity contribution in [3.63, 3.8) is 0 Å². The first kappa shape index (κ1) is 13.5. The van der Waals surface area contributed by atoms with Gasteiger partial charge in [-0.05, 0) is 12.6 Å². The highest BCUT2D eigenvalue weighted by Gasteiger charge is 2.40. The lowest BCUT2D eigenvalue weighted by atomic mass is 9.89. The molecule has 0 unspecified atom stereocenters. The van der Waals surface area contributed by atoms with E-state index in [2.05, 4.69) is 5.32 Å². The predicted octanol–water partition coefficient (Wildman–Crippen LogP) is 0.533. The normalized spacial score (nSPS) is 22.5. The van der Waals surface area contributed by atoms with Crippen molar-refractivity contribution in [3.05, 3.63) is 35.9 Å². The monoisotopic (exact) mass is 262 g/mol. The zero-order chi connectivity index (χ0) is 13.8. The molecule has 1 aliphatic rings. The van der Waals surface area contributed by atoms with E-state index in [1.165, 1.54) is 0 Å². The van der Waals surface area contributed by atoms with Gasteiger partial charge in [0.1, 0.15) is 0 Å². The average molecular weight is 262 g/mol. The minimum atomic E-state index is -0.839. The smallest absolute Gasteiger partial charge is 0.308 e. The number of aliphatic carboxylic acids is 1. The number of benzene rings is 1. The first-order chi connectivity index (χ1) is 9.13. The van der Waals surface area contributed by atoms with E-state index in [0.29, 0.717) is 6.54 Å². The van der Waals surface area contributed by atoms with E-state index in [0.717, 1.165) is 5.56 Å². The first-order valence-electron chi connectivity index (χ1n) is 6.33. The van der Waals surface area contributed by atoms with Gasteiger partial charge in [-0.2, -0.15) is 0 Å². The molecule has 1 aromatic rings. The minimum Gasteiger partial charge on any atom is -0.481 e.